The van der Waals surface area contributed by atoms with Crippen molar-refractivity contribution in [3.63, 3.8) is 0 Å². The van der Waals surface area contributed by atoms with Crippen molar-refractivity contribution in [1.29, 1.82) is 0 Å². The van der Waals surface area contributed by atoms with Crippen LogP contribution in [0.2, 0.25) is 0 Å². The molecule has 166 valence electrons. The Bertz CT molecular complexity index is 1150. The highest BCUT2D eigenvalue weighted by atomic mass is 32.1. The summed E-state index contributed by atoms with van der Waals surface area (Å²) in [5, 5.41) is 7.86. The number of amides is 2. The SMILES string of the molecule is Cn1ccc(C(=O)NCC(=O)Nc2nc(-c3ccc4c(c3)N(CC3COC3)CC4)cs2)c1. The number of fused-ring (bicyclic) bond motifs is 1. The van der Waals surface area contributed by atoms with Crippen LogP contribution in [0.1, 0.15) is 15.9 Å². The maximum absolute atomic E-state index is 12.3. The highest BCUT2D eigenvalue weighted by molar-refractivity contribution is 7.14. The van der Waals surface area contributed by atoms with E-state index in [-0.39, 0.29) is 18.4 Å². The number of hydrogen-bond acceptors (Lipinski definition) is 6. The van der Waals surface area contributed by atoms with Crippen molar-refractivity contribution in [2.24, 2.45) is 13.0 Å². The lowest BCUT2D eigenvalue weighted by molar-refractivity contribution is -0.115. The first-order chi connectivity index (χ1) is 15.5. The first kappa shape index (κ1) is 20.7. The Morgan fingerprint density at radius 1 is 1.28 bits per heavy atom. The van der Waals surface area contributed by atoms with Gasteiger partial charge in [-0.15, -0.1) is 11.3 Å². The molecule has 2 aromatic heterocycles. The average Bonchev–Trinajstić information content (AvgIpc) is 3.48. The smallest absolute Gasteiger partial charge is 0.253 e. The zero-order valence-electron chi connectivity index (χ0n) is 17.8. The van der Waals surface area contributed by atoms with E-state index in [9.17, 15) is 9.59 Å². The number of aromatic nitrogens is 2. The Morgan fingerprint density at radius 2 is 2.16 bits per heavy atom. The number of thiazole rings is 1. The van der Waals surface area contributed by atoms with Crippen LogP contribution in [-0.4, -0.2) is 54.2 Å². The molecule has 2 N–H and O–H groups in total. The molecule has 9 heteroatoms. The van der Waals surface area contributed by atoms with E-state index in [1.165, 1.54) is 22.6 Å². The predicted molar refractivity (Wildman–Crippen MR) is 124 cm³/mol. The van der Waals surface area contributed by atoms with Crippen LogP contribution in [0.25, 0.3) is 11.3 Å². The molecule has 1 fully saturated rings. The Hall–Kier alpha value is -3.17. The van der Waals surface area contributed by atoms with Crippen LogP contribution in [0.5, 0.6) is 0 Å². The average molecular weight is 452 g/mol. The van der Waals surface area contributed by atoms with Gasteiger partial charge in [0, 0.05) is 55.1 Å². The number of ether oxygens (including phenoxy) is 1. The molecule has 0 radical (unpaired) electrons. The lowest BCUT2D eigenvalue weighted by atomic mass is 10.1. The van der Waals surface area contributed by atoms with Gasteiger partial charge < -0.3 is 24.8 Å². The third-order valence-electron chi connectivity index (χ3n) is 5.81. The Kier molecular flexibility index (Phi) is 5.67. The molecular formula is C23H25N5O3S. The number of rotatable bonds is 7. The molecule has 2 amide bonds. The molecule has 0 bridgehead atoms. The van der Waals surface area contributed by atoms with Gasteiger partial charge in [-0.05, 0) is 24.1 Å². The van der Waals surface area contributed by atoms with Gasteiger partial charge in [0.25, 0.3) is 5.91 Å². The van der Waals surface area contributed by atoms with Crippen LogP contribution in [-0.2, 0) is 23.0 Å². The van der Waals surface area contributed by atoms with Crippen LogP contribution >= 0.6 is 11.3 Å². The van der Waals surface area contributed by atoms with E-state index in [0.29, 0.717) is 16.6 Å². The molecule has 32 heavy (non-hydrogen) atoms. The van der Waals surface area contributed by atoms with E-state index in [1.54, 1.807) is 23.0 Å². The van der Waals surface area contributed by atoms with Gasteiger partial charge in [0.15, 0.2) is 5.13 Å². The van der Waals surface area contributed by atoms with Crippen molar-refractivity contribution in [1.82, 2.24) is 14.9 Å². The maximum atomic E-state index is 12.3. The van der Waals surface area contributed by atoms with E-state index >= 15 is 0 Å². The van der Waals surface area contributed by atoms with Crippen molar-refractivity contribution in [2.45, 2.75) is 6.42 Å². The lowest BCUT2D eigenvalue weighted by Crippen LogP contribution is -2.38. The summed E-state index contributed by atoms with van der Waals surface area (Å²) in [5.41, 5.74) is 5.03. The van der Waals surface area contributed by atoms with Gasteiger partial charge in [0.05, 0.1) is 31.0 Å². The summed E-state index contributed by atoms with van der Waals surface area (Å²) in [6, 6.07) is 8.18. The highest BCUT2D eigenvalue weighted by Crippen LogP contribution is 2.34. The molecule has 0 unspecified atom stereocenters. The molecule has 1 aromatic carbocycles. The van der Waals surface area contributed by atoms with Gasteiger partial charge in [-0.1, -0.05) is 12.1 Å². The fourth-order valence-electron chi connectivity index (χ4n) is 4.02. The number of nitrogens with zero attached hydrogens (tertiary/aromatic N) is 3. The zero-order chi connectivity index (χ0) is 22.1. The summed E-state index contributed by atoms with van der Waals surface area (Å²) in [5.74, 6) is 0.0304. The molecule has 1 saturated heterocycles. The molecule has 4 heterocycles. The quantitative estimate of drug-likeness (QED) is 0.576. The minimum atomic E-state index is -0.307. The minimum Gasteiger partial charge on any atom is -0.381 e. The van der Waals surface area contributed by atoms with Crippen LogP contribution in [0.3, 0.4) is 0 Å². The topological polar surface area (TPSA) is 88.5 Å². The molecule has 5 rings (SSSR count). The number of carbonyl (C=O) groups excluding carboxylic acids is 2. The minimum absolute atomic E-state index is 0.110. The standard InChI is InChI=1S/C23H25N5O3S/c1-27-6-4-18(11-27)22(30)24-9-21(29)26-23-25-19(14-32-23)17-3-2-16-5-7-28(20(16)8-17)10-15-12-31-13-15/h2-4,6,8,11,14-15H,5,7,9-10,12-13H2,1H3,(H,24,30)(H,25,26,29). The van der Waals surface area contributed by atoms with E-state index in [4.69, 9.17) is 4.74 Å². The van der Waals surface area contributed by atoms with Crippen molar-refractivity contribution >= 4 is 34.0 Å². The molecule has 2 aliphatic rings. The van der Waals surface area contributed by atoms with Gasteiger partial charge in [-0.3, -0.25) is 9.59 Å². The summed E-state index contributed by atoms with van der Waals surface area (Å²) < 4.78 is 7.10. The normalized spacial score (nSPS) is 15.3. The van der Waals surface area contributed by atoms with Crippen molar-refractivity contribution < 1.29 is 14.3 Å². The summed E-state index contributed by atoms with van der Waals surface area (Å²) in [6.45, 7) is 3.67. The van der Waals surface area contributed by atoms with Crippen LogP contribution < -0.4 is 15.5 Å². The van der Waals surface area contributed by atoms with E-state index in [1.807, 2.05) is 12.4 Å². The van der Waals surface area contributed by atoms with Gasteiger partial charge in [0.2, 0.25) is 5.91 Å². The molecule has 0 saturated carbocycles. The monoisotopic (exact) mass is 451 g/mol. The largest absolute Gasteiger partial charge is 0.381 e. The third-order valence-corrected chi connectivity index (χ3v) is 6.57. The van der Waals surface area contributed by atoms with Gasteiger partial charge >= 0.3 is 0 Å². The van der Waals surface area contributed by atoms with Gasteiger partial charge in [-0.25, -0.2) is 4.98 Å². The van der Waals surface area contributed by atoms with Crippen molar-refractivity contribution in [3.05, 3.63) is 53.2 Å². The Morgan fingerprint density at radius 3 is 2.91 bits per heavy atom. The molecule has 0 aliphatic carbocycles. The van der Waals surface area contributed by atoms with Crippen molar-refractivity contribution in [2.75, 3.05) is 43.1 Å². The van der Waals surface area contributed by atoms with Gasteiger partial charge in [-0.2, -0.15) is 0 Å². The summed E-state index contributed by atoms with van der Waals surface area (Å²) in [4.78, 5) is 31.4. The summed E-state index contributed by atoms with van der Waals surface area (Å²) >= 11 is 1.37. The number of nitrogens with one attached hydrogen (secondary N) is 2. The van der Waals surface area contributed by atoms with Crippen LogP contribution in [0.4, 0.5) is 10.8 Å². The van der Waals surface area contributed by atoms with Crippen LogP contribution in [0.15, 0.2) is 42.0 Å². The maximum Gasteiger partial charge on any atom is 0.253 e. The van der Waals surface area contributed by atoms with E-state index in [0.717, 1.165) is 44.0 Å². The summed E-state index contributed by atoms with van der Waals surface area (Å²) in [7, 11) is 1.84. The van der Waals surface area contributed by atoms with E-state index in [2.05, 4.69) is 38.7 Å². The number of anilines is 2. The molecular weight excluding hydrogens is 426 g/mol. The number of benzene rings is 1. The Labute approximate surface area is 190 Å². The molecule has 0 atom stereocenters. The molecule has 0 spiro atoms. The molecule has 3 aromatic rings. The third kappa shape index (κ3) is 4.39. The molecule has 8 nitrogen and oxygen atoms in total. The zero-order valence-corrected chi connectivity index (χ0v) is 18.7. The summed E-state index contributed by atoms with van der Waals surface area (Å²) in [6.07, 6.45) is 4.56. The first-order valence-corrected chi connectivity index (χ1v) is 11.5. The van der Waals surface area contributed by atoms with Crippen molar-refractivity contribution in [3.8, 4) is 11.3 Å². The van der Waals surface area contributed by atoms with Gasteiger partial charge in [0.1, 0.15) is 0 Å². The second-order valence-corrected chi connectivity index (χ2v) is 9.14. The van der Waals surface area contributed by atoms with E-state index < -0.39 is 0 Å². The highest BCUT2D eigenvalue weighted by Gasteiger charge is 2.26. The predicted octanol–water partition coefficient (Wildman–Crippen LogP) is 2.53. The first-order valence-electron chi connectivity index (χ1n) is 10.7. The number of hydrogen-bond donors (Lipinski definition) is 2. The fraction of sp³-hybridized carbons (Fsp3) is 0.348. The van der Waals surface area contributed by atoms with Crippen LogP contribution in [0, 0.1) is 5.92 Å². The Balaban J connectivity index is 1.20. The molecule has 2 aliphatic heterocycles. The number of carbonyl (C=O) groups is 2. The second kappa shape index (κ2) is 8.76. The fourth-order valence-corrected chi connectivity index (χ4v) is 4.76. The lowest BCUT2D eigenvalue weighted by Gasteiger charge is -2.31. The second-order valence-electron chi connectivity index (χ2n) is 8.28. The number of aryl methyl sites for hydroxylation is 1.